The first kappa shape index (κ1) is 21.8. The molecule has 0 radical (unpaired) electrons. The Bertz CT molecular complexity index is 916. The average Bonchev–Trinajstić information content (AvgIpc) is 2.76. The first-order valence-corrected chi connectivity index (χ1v) is 10.1. The van der Waals surface area contributed by atoms with Crippen molar-refractivity contribution in [3.8, 4) is 11.5 Å². The van der Waals surface area contributed by atoms with Gasteiger partial charge in [0.1, 0.15) is 19.0 Å². The van der Waals surface area contributed by atoms with E-state index in [1.165, 1.54) is 12.1 Å². The van der Waals surface area contributed by atoms with E-state index >= 15 is 0 Å². The maximum atomic E-state index is 14.8. The van der Waals surface area contributed by atoms with Crippen LogP contribution in [0.3, 0.4) is 0 Å². The third-order valence-corrected chi connectivity index (χ3v) is 4.62. The van der Waals surface area contributed by atoms with Crippen LogP contribution in [0.15, 0.2) is 72.8 Å². The summed E-state index contributed by atoms with van der Waals surface area (Å²) >= 11 is 0. The highest BCUT2D eigenvalue weighted by Crippen LogP contribution is 2.34. The molecule has 2 N–H and O–H groups in total. The SMILES string of the molecule is CC(C)NCC(O)c1cc(OCc2ccccc2)c(OCc2ccccc2)cc1F. The van der Waals surface area contributed by atoms with Gasteiger partial charge in [0.2, 0.25) is 0 Å². The van der Waals surface area contributed by atoms with Crippen molar-refractivity contribution in [2.24, 2.45) is 0 Å². The molecule has 0 heterocycles. The Labute approximate surface area is 177 Å². The van der Waals surface area contributed by atoms with Crippen LogP contribution >= 0.6 is 0 Å². The molecule has 30 heavy (non-hydrogen) atoms. The molecule has 0 spiro atoms. The zero-order valence-electron chi connectivity index (χ0n) is 17.3. The van der Waals surface area contributed by atoms with Crippen molar-refractivity contribution >= 4 is 0 Å². The molecule has 1 unspecified atom stereocenters. The van der Waals surface area contributed by atoms with Crippen LogP contribution in [-0.4, -0.2) is 17.7 Å². The summed E-state index contributed by atoms with van der Waals surface area (Å²) in [6.45, 7) is 4.79. The minimum absolute atomic E-state index is 0.179. The third-order valence-electron chi connectivity index (χ3n) is 4.62. The summed E-state index contributed by atoms with van der Waals surface area (Å²) in [5.74, 6) is 0.179. The van der Waals surface area contributed by atoms with Crippen LogP contribution in [-0.2, 0) is 13.2 Å². The fourth-order valence-corrected chi connectivity index (χ4v) is 2.96. The number of hydrogen-bond donors (Lipinski definition) is 2. The van der Waals surface area contributed by atoms with Crippen molar-refractivity contribution in [2.75, 3.05) is 6.54 Å². The number of ether oxygens (including phenoxy) is 2. The maximum absolute atomic E-state index is 14.8. The molecule has 0 amide bonds. The Hall–Kier alpha value is -2.89. The van der Waals surface area contributed by atoms with E-state index in [4.69, 9.17) is 9.47 Å². The van der Waals surface area contributed by atoms with Gasteiger partial charge >= 0.3 is 0 Å². The van der Waals surface area contributed by atoms with Gasteiger partial charge in [0, 0.05) is 24.2 Å². The molecule has 3 aromatic carbocycles. The third kappa shape index (κ3) is 6.31. The second-order valence-electron chi connectivity index (χ2n) is 7.45. The molecule has 0 saturated heterocycles. The Morgan fingerprint density at radius 1 is 0.833 bits per heavy atom. The molecule has 0 aliphatic carbocycles. The normalized spacial score (nSPS) is 12.0. The maximum Gasteiger partial charge on any atom is 0.164 e. The minimum atomic E-state index is -0.991. The Balaban J connectivity index is 1.82. The summed E-state index contributed by atoms with van der Waals surface area (Å²) in [4.78, 5) is 0. The predicted molar refractivity (Wildman–Crippen MR) is 116 cm³/mol. The van der Waals surface area contributed by atoms with Crippen molar-refractivity contribution in [1.29, 1.82) is 0 Å². The summed E-state index contributed by atoms with van der Waals surface area (Å²) in [7, 11) is 0. The molecule has 3 rings (SSSR count). The van der Waals surface area contributed by atoms with Gasteiger partial charge in [-0.1, -0.05) is 74.5 Å². The molecule has 0 fully saturated rings. The van der Waals surface area contributed by atoms with Crippen LogP contribution in [0.2, 0.25) is 0 Å². The van der Waals surface area contributed by atoms with Crippen molar-refractivity contribution < 1.29 is 19.0 Å². The van der Waals surface area contributed by atoms with E-state index in [1.54, 1.807) is 0 Å². The highest BCUT2D eigenvalue weighted by Gasteiger charge is 2.19. The van der Waals surface area contributed by atoms with Crippen molar-refractivity contribution in [3.63, 3.8) is 0 Å². The van der Waals surface area contributed by atoms with Gasteiger partial charge in [0.05, 0.1) is 6.10 Å². The zero-order chi connectivity index (χ0) is 21.3. The molecule has 0 saturated carbocycles. The number of benzene rings is 3. The van der Waals surface area contributed by atoms with Crippen molar-refractivity contribution in [2.45, 2.75) is 39.2 Å². The first-order chi connectivity index (χ1) is 14.5. The molecule has 1 atom stereocenters. The van der Waals surface area contributed by atoms with Gasteiger partial charge in [0.15, 0.2) is 11.5 Å². The molecule has 0 aliphatic heterocycles. The van der Waals surface area contributed by atoms with E-state index in [2.05, 4.69) is 5.32 Å². The van der Waals surface area contributed by atoms with E-state index < -0.39 is 11.9 Å². The molecule has 0 aromatic heterocycles. The Morgan fingerprint density at radius 2 is 1.33 bits per heavy atom. The highest BCUT2D eigenvalue weighted by molar-refractivity contribution is 5.45. The number of halogens is 1. The molecular weight excluding hydrogens is 381 g/mol. The standard InChI is InChI=1S/C25H28FNO3/c1-18(2)27-15-23(28)21-13-24(29-16-19-9-5-3-6-10-19)25(14-22(21)26)30-17-20-11-7-4-8-12-20/h3-14,18,23,27-28H,15-17H2,1-2H3. The van der Waals surface area contributed by atoms with Crippen molar-refractivity contribution in [1.82, 2.24) is 5.32 Å². The van der Waals surface area contributed by atoms with Gasteiger partial charge in [-0.05, 0) is 17.2 Å². The molecule has 3 aromatic rings. The van der Waals surface area contributed by atoms with Gasteiger partial charge in [0.25, 0.3) is 0 Å². The molecule has 158 valence electrons. The highest BCUT2D eigenvalue weighted by atomic mass is 19.1. The van der Waals surface area contributed by atoms with Gasteiger partial charge in [-0.15, -0.1) is 0 Å². The quantitative estimate of drug-likeness (QED) is 0.494. The van der Waals surface area contributed by atoms with Crippen LogP contribution in [0.4, 0.5) is 4.39 Å². The molecular formula is C25H28FNO3. The second-order valence-corrected chi connectivity index (χ2v) is 7.45. The van der Waals surface area contributed by atoms with Crippen LogP contribution in [0.1, 0.15) is 36.6 Å². The van der Waals surface area contributed by atoms with E-state index in [-0.39, 0.29) is 18.2 Å². The summed E-state index contributed by atoms with van der Waals surface area (Å²) in [5, 5.41) is 13.6. The monoisotopic (exact) mass is 409 g/mol. The van der Waals surface area contributed by atoms with Gasteiger partial charge in [-0.25, -0.2) is 4.39 Å². The fourth-order valence-electron chi connectivity index (χ4n) is 2.96. The lowest BCUT2D eigenvalue weighted by Gasteiger charge is -2.19. The summed E-state index contributed by atoms with van der Waals surface area (Å²) in [6.07, 6.45) is -0.991. The number of aliphatic hydroxyl groups excluding tert-OH is 1. The lowest BCUT2D eigenvalue weighted by molar-refractivity contribution is 0.165. The van der Waals surface area contributed by atoms with E-state index in [1.807, 2.05) is 74.5 Å². The first-order valence-electron chi connectivity index (χ1n) is 10.1. The van der Waals surface area contributed by atoms with E-state index in [0.29, 0.717) is 24.7 Å². The summed E-state index contributed by atoms with van der Waals surface area (Å²) in [5.41, 5.74) is 2.13. The van der Waals surface area contributed by atoms with Crippen LogP contribution in [0, 0.1) is 5.82 Å². The number of aliphatic hydroxyl groups is 1. The Kier molecular flexibility index (Phi) is 7.82. The average molecular weight is 410 g/mol. The lowest BCUT2D eigenvalue weighted by Crippen LogP contribution is -2.28. The molecule has 0 aliphatic rings. The lowest BCUT2D eigenvalue weighted by atomic mass is 10.1. The van der Waals surface area contributed by atoms with Crippen LogP contribution in [0.5, 0.6) is 11.5 Å². The van der Waals surface area contributed by atoms with Gasteiger partial charge < -0.3 is 19.9 Å². The van der Waals surface area contributed by atoms with E-state index in [9.17, 15) is 9.50 Å². The number of nitrogens with one attached hydrogen (secondary N) is 1. The number of rotatable bonds is 10. The van der Waals surface area contributed by atoms with Crippen LogP contribution in [0.25, 0.3) is 0 Å². The topological polar surface area (TPSA) is 50.7 Å². The smallest absolute Gasteiger partial charge is 0.164 e. The van der Waals surface area contributed by atoms with Crippen LogP contribution < -0.4 is 14.8 Å². The predicted octanol–water partition coefficient (Wildman–Crippen LogP) is 5.02. The van der Waals surface area contributed by atoms with Gasteiger partial charge in [-0.2, -0.15) is 0 Å². The summed E-state index contributed by atoms with van der Waals surface area (Å²) in [6, 6.07) is 22.4. The second kappa shape index (κ2) is 10.8. The largest absolute Gasteiger partial charge is 0.485 e. The van der Waals surface area contributed by atoms with E-state index in [0.717, 1.165) is 11.1 Å². The zero-order valence-corrected chi connectivity index (χ0v) is 17.3. The molecule has 0 bridgehead atoms. The minimum Gasteiger partial charge on any atom is -0.485 e. The van der Waals surface area contributed by atoms with Gasteiger partial charge in [-0.3, -0.25) is 0 Å². The molecule has 5 heteroatoms. The summed E-state index contributed by atoms with van der Waals surface area (Å²) < 4.78 is 26.6. The van der Waals surface area contributed by atoms with Crippen molar-refractivity contribution in [3.05, 3.63) is 95.3 Å². The number of hydrogen-bond acceptors (Lipinski definition) is 4. The Morgan fingerprint density at radius 3 is 1.83 bits per heavy atom. The molecule has 4 nitrogen and oxygen atoms in total. The fraction of sp³-hybridized carbons (Fsp3) is 0.280.